The average molecular weight is 562 g/mol. The van der Waals surface area contributed by atoms with Gasteiger partial charge in [-0.05, 0) is 24.6 Å². The molecule has 1 unspecified atom stereocenters. The monoisotopic (exact) mass is 560 g/mol. The minimum Gasteiger partial charge on any atom is -0.309 e. The normalized spacial score (nSPS) is 15.7. The fourth-order valence-electron chi connectivity index (χ4n) is 3.88. The van der Waals surface area contributed by atoms with Crippen LogP contribution in [0.15, 0.2) is 24.3 Å². The van der Waals surface area contributed by atoms with Crippen molar-refractivity contribution < 1.29 is 21.6 Å². The summed E-state index contributed by atoms with van der Waals surface area (Å²) < 4.78 is 68.5. The molecule has 6 nitrogen and oxygen atoms in total. The zero-order chi connectivity index (χ0) is 24.3. The van der Waals surface area contributed by atoms with Crippen molar-refractivity contribution >= 4 is 79.1 Å². The second kappa shape index (κ2) is 8.66. The van der Waals surface area contributed by atoms with Crippen molar-refractivity contribution in [3.63, 3.8) is 0 Å². The third-order valence-corrected chi connectivity index (χ3v) is 6.85. The minimum atomic E-state index is -4.91. The standard InChI is InChI=1S/C19H15Cl4F3N4O2S/c1-33(31,32)28-17(19(24,25)26)10-3-4-11(21)14-15(10)29-5-2-6-30(18(29)27-14)16-12(22)7-9(20)8-13(16)23/h3-4,7-8,17,28H,2,5-6H2,1H3. The van der Waals surface area contributed by atoms with Crippen molar-refractivity contribution in [2.24, 2.45) is 0 Å². The SMILES string of the molecule is CS(=O)(=O)NC(c1ccc(Cl)c2nc3n(c12)CCCN3c1c(Cl)cc(Cl)cc1Cl)C(F)(F)F. The van der Waals surface area contributed by atoms with Crippen molar-refractivity contribution in [2.75, 3.05) is 17.7 Å². The number of anilines is 2. The molecule has 33 heavy (non-hydrogen) atoms. The first-order valence-electron chi connectivity index (χ1n) is 9.42. The molecule has 1 aromatic heterocycles. The highest BCUT2D eigenvalue weighted by atomic mass is 35.5. The number of benzene rings is 2. The summed E-state index contributed by atoms with van der Waals surface area (Å²) in [5, 5.41) is 0.922. The van der Waals surface area contributed by atoms with E-state index in [2.05, 4.69) is 4.98 Å². The number of aryl methyl sites for hydroxylation is 1. The molecule has 3 aromatic rings. The number of sulfonamides is 1. The summed E-state index contributed by atoms with van der Waals surface area (Å²) in [4.78, 5) is 6.18. The van der Waals surface area contributed by atoms with E-state index in [1.807, 2.05) is 0 Å². The Morgan fingerprint density at radius 2 is 1.70 bits per heavy atom. The van der Waals surface area contributed by atoms with E-state index >= 15 is 0 Å². The smallest absolute Gasteiger partial charge is 0.309 e. The number of hydrogen-bond donors (Lipinski definition) is 1. The summed E-state index contributed by atoms with van der Waals surface area (Å²) in [5.74, 6) is 0.275. The lowest BCUT2D eigenvalue weighted by Gasteiger charge is -2.31. The quantitative estimate of drug-likeness (QED) is 0.403. The third-order valence-electron chi connectivity index (χ3n) is 5.08. The van der Waals surface area contributed by atoms with Gasteiger partial charge in [-0.3, -0.25) is 0 Å². The molecule has 1 N–H and O–H groups in total. The van der Waals surface area contributed by atoms with Crippen LogP contribution in [0.4, 0.5) is 24.8 Å². The van der Waals surface area contributed by atoms with Gasteiger partial charge >= 0.3 is 6.18 Å². The van der Waals surface area contributed by atoms with Crippen LogP contribution in [0.3, 0.4) is 0 Å². The number of alkyl halides is 3. The minimum absolute atomic E-state index is 0.0712. The second-order valence-electron chi connectivity index (χ2n) is 7.49. The van der Waals surface area contributed by atoms with Gasteiger partial charge in [0.15, 0.2) is 0 Å². The zero-order valence-corrected chi connectivity index (χ0v) is 20.6. The molecule has 0 spiro atoms. The Morgan fingerprint density at radius 1 is 1.06 bits per heavy atom. The van der Waals surface area contributed by atoms with Crippen molar-refractivity contribution in [3.05, 3.63) is 49.9 Å². The van der Waals surface area contributed by atoms with Crippen molar-refractivity contribution in [1.82, 2.24) is 14.3 Å². The Bertz CT molecular complexity index is 1340. The number of halogens is 7. The molecule has 1 atom stereocenters. The molecule has 0 saturated carbocycles. The van der Waals surface area contributed by atoms with E-state index in [0.717, 1.165) is 6.07 Å². The Hall–Kier alpha value is -1.43. The topological polar surface area (TPSA) is 67.2 Å². The van der Waals surface area contributed by atoms with Gasteiger partial charge in [-0.15, -0.1) is 0 Å². The van der Waals surface area contributed by atoms with Crippen LogP contribution in [0.25, 0.3) is 11.0 Å². The third kappa shape index (κ3) is 4.74. The van der Waals surface area contributed by atoms with E-state index in [1.165, 1.54) is 18.2 Å². The van der Waals surface area contributed by atoms with E-state index in [1.54, 1.807) is 14.2 Å². The summed E-state index contributed by atoms with van der Waals surface area (Å²) in [6.07, 6.45) is -3.72. The molecule has 1 aliphatic rings. The average Bonchev–Trinajstić information content (AvgIpc) is 3.06. The highest BCUT2D eigenvalue weighted by Crippen LogP contribution is 2.45. The number of imidazole rings is 1. The lowest BCUT2D eigenvalue weighted by atomic mass is 10.0. The van der Waals surface area contributed by atoms with Crippen LogP contribution >= 0.6 is 46.4 Å². The Morgan fingerprint density at radius 3 is 2.27 bits per heavy atom. The second-order valence-corrected chi connectivity index (χ2v) is 10.9. The van der Waals surface area contributed by atoms with Gasteiger partial charge in [0.05, 0.1) is 32.5 Å². The highest BCUT2D eigenvalue weighted by molar-refractivity contribution is 7.88. The van der Waals surface area contributed by atoms with Crippen LogP contribution in [0.2, 0.25) is 20.1 Å². The molecule has 4 rings (SSSR count). The molecule has 0 radical (unpaired) electrons. The van der Waals surface area contributed by atoms with Crippen molar-refractivity contribution in [3.8, 4) is 0 Å². The summed E-state index contributed by atoms with van der Waals surface area (Å²) in [6, 6.07) is 2.91. The number of nitrogens with one attached hydrogen (secondary N) is 1. The maximum atomic E-state index is 13.9. The van der Waals surface area contributed by atoms with Crippen molar-refractivity contribution in [2.45, 2.75) is 25.2 Å². The van der Waals surface area contributed by atoms with E-state index in [-0.39, 0.29) is 37.6 Å². The first-order chi connectivity index (χ1) is 15.3. The van der Waals surface area contributed by atoms with Gasteiger partial charge in [0.1, 0.15) is 11.6 Å². The molecule has 178 valence electrons. The van der Waals surface area contributed by atoms with Gasteiger partial charge in [0.25, 0.3) is 0 Å². The lowest BCUT2D eigenvalue weighted by Crippen LogP contribution is -2.38. The predicted octanol–water partition coefficient (Wildman–Crippen LogP) is 6.34. The summed E-state index contributed by atoms with van der Waals surface area (Å²) in [6.45, 7) is 0.754. The Labute approximate surface area is 207 Å². The first-order valence-corrected chi connectivity index (χ1v) is 12.8. The fourth-order valence-corrected chi connectivity index (χ4v) is 5.79. The van der Waals surface area contributed by atoms with Crippen LogP contribution in [-0.2, 0) is 16.6 Å². The van der Waals surface area contributed by atoms with Crippen LogP contribution in [0, 0.1) is 0 Å². The van der Waals surface area contributed by atoms with Crippen molar-refractivity contribution in [1.29, 1.82) is 0 Å². The Balaban J connectivity index is 1.98. The predicted molar refractivity (Wildman–Crippen MR) is 125 cm³/mol. The molecule has 0 saturated heterocycles. The highest BCUT2D eigenvalue weighted by Gasteiger charge is 2.44. The Kier molecular flexibility index (Phi) is 6.48. The van der Waals surface area contributed by atoms with E-state index in [4.69, 9.17) is 46.4 Å². The van der Waals surface area contributed by atoms with Crippen LogP contribution in [0.1, 0.15) is 18.0 Å². The number of hydrogen-bond acceptors (Lipinski definition) is 4. The van der Waals surface area contributed by atoms with E-state index in [0.29, 0.717) is 36.5 Å². The lowest BCUT2D eigenvalue weighted by molar-refractivity contribution is -0.152. The largest absolute Gasteiger partial charge is 0.408 e. The van der Waals surface area contributed by atoms with Gasteiger partial charge in [-0.2, -0.15) is 17.9 Å². The number of nitrogens with zero attached hydrogens (tertiary/aromatic N) is 3. The summed E-state index contributed by atoms with van der Waals surface area (Å²) >= 11 is 25.1. The van der Waals surface area contributed by atoms with E-state index < -0.39 is 22.2 Å². The first kappa shape index (κ1) is 24.7. The molecular weight excluding hydrogens is 547 g/mol. The fraction of sp³-hybridized carbons (Fsp3) is 0.316. The van der Waals surface area contributed by atoms with Crippen LogP contribution in [0.5, 0.6) is 0 Å². The molecule has 0 fully saturated rings. The maximum Gasteiger partial charge on any atom is 0.408 e. The number of rotatable bonds is 4. The number of fused-ring (bicyclic) bond motifs is 3. The van der Waals surface area contributed by atoms with Gasteiger partial charge in [0.2, 0.25) is 16.0 Å². The summed E-state index contributed by atoms with van der Waals surface area (Å²) in [7, 11) is -4.20. The van der Waals surface area contributed by atoms with E-state index in [9.17, 15) is 21.6 Å². The zero-order valence-electron chi connectivity index (χ0n) is 16.7. The molecule has 2 aromatic carbocycles. The summed E-state index contributed by atoms with van der Waals surface area (Å²) in [5.41, 5.74) is 0.253. The van der Waals surface area contributed by atoms with Gasteiger partial charge in [-0.1, -0.05) is 52.5 Å². The molecule has 0 bridgehead atoms. The van der Waals surface area contributed by atoms with Crippen LogP contribution < -0.4 is 9.62 Å². The maximum absolute atomic E-state index is 13.9. The molecule has 0 aliphatic carbocycles. The molecule has 2 heterocycles. The number of aromatic nitrogens is 2. The molecule has 14 heteroatoms. The molecule has 1 aliphatic heterocycles. The van der Waals surface area contributed by atoms with Gasteiger partial charge < -0.3 is 9.47 Å². The molecular formula is C19H15Cl4F3N4O2S. The van der Waals surface area contributed by atoms with Crippen LogP contribution in [-0.4, -0.2) is 36.9 Å². The van der Waals surface area contributed by atoms with Gasteiger partial charge in [-0.25, -0.2) is 13.4 Å². The molecule has 0 amide bonds. The van der Waals surface area contributed by atoms with Gasteiger partial charge in [0, 0.05) is 23.7 Å².